The van der Waals surface area contributed by atoms with E-state index in [9.17, 15) is 17.4 Å². The van der Waals surface area contributed by atoms with E-state index in [0.29, 0.717) is 0 Å². The van der Waals surface area contributed by atoms with Crippen molar-refractivity contribution in [2.75, 3.05) is 5.75 Å². The molecule has 0 fully saturated rings. The Morgan fingerprint density at radius 1 is 0.900 bits per heavy atom. The Balaban J connectivity index is 0.00000200. The fourth-order valence-corrected chi connectivity index (χ4v) is 2.23. The molecule has 0 unspecified atom stereocenters. The number of aryl methyl sites for hydroxylation is 1. The molecule has 6 heteroatoms. The predicted molar refractivity (Wildman–Crippen MR) is 70.1 cm³/mol. The van der Waals surface area contributed by atoms with E-state index in [4.69, 9.17) is 0 Å². The van der Waals surface area contributed by atoms with E-state index >= 15 is 0 Å². The van der Waals surface area contributed by atoms with E-state index in [1.165, 1.54) is 12.1 Å². The van der Waals surface area contributed by atoms with E-state index in [2.05, 4.69) is 0 Å². The van der Waals surface area contributed by atoms with Crippen LogP contribution in [0.1, 0.15) is 5.56 Å². The molecule has 0 aliphatic rings. The maximum Gasteiger partial charge on any atom is 1.00 e. The Bertz CT molecular complexity index is 652. The van der Waals surface area contributed by atoms with Gasteiger partial charge in [-0.2, -0.15) is 0 Å². The SMILES string of the molecule is O=S(=O)([O-])CCc1ccc(-c2ccc(F)cc2)cc1.[Na+]. The zero-order valence-corrected chi connectivity index (χ0v) is 13.9. The first kappa shape index (κ1) is 17.3. The van der Waals surface area contributed by atoms with Gasteiger partial charge in [-0.1, -0.05) is 36.4 Å². The van der Waals surface area contributed by atoms with Crippen LogP contribution in [0.5, 0.6) is 0 Å². The maximum atomic E-state index is 12.8. The molecule has 2 aromatic carbocycles. The van der Waals surface area contributed by atoms with E-state index in [-0.39, 0.29) is 41.8 Å². The normalized spacial score (nSPS) is 10.9. The van der Waals surface area contributed by atoms with Gasteiger partial charge in [-0.15, -0.1) is 0 Å². The summed E-state index contributed by atoms with van der Waals surface area (Å²) in [4.78, 5) is 0. The van der Waals surface area contributed by atoms with Crippen LogP contribution in [0.4, 0.5) is 4.39 Å². The number of hydrogen-bond donors (Lipinski definition) is 0. The largest absolute Gasteiger partial charge is 1.00 e. The fourth-order valence-electron chi connectivity index (χ4n) is 1.75. The monoisotopic (exact) mass is 302 g/mol. The average Bonchev–Trinajstić information content (AvgIpc) is 2.37. The summed E-state index contributed by atoms with van der Waals surface area (Å²) in [6.07, 6.45) is 0.204. The Hall–Kier alpha value is -0.720. The third-order valence-electron chi connectivity index (χ3n) is 2.77. The van der Waals surface area contributed by atoms with Gasteiger partial charge in [0.25, 0.3) is 0 Å². The quantitative estimate of drug-likeness (QED) is 0.570. The van der Waals surface area contributed by atoms with Gasteiger partial charge in [-0.05, 0) is 35.2 Å². The van der Waals surface area contributed by atoms with Crippen LogP contribution in [-0.4, -0.2) is 18.7 Å². The zero-order chi connectivity index (χ0) is 13.9. The van der Waals surface area contributed by atoms with E-state index < -0.39 is 15.9 Å². The van der Waals surface area contributed by atoms with E-state index in [1.54, 1.807) is 24.3 Å². The summed E-state index contributed by atoms with van der Waals surface area (Å²) in [5.74, 6) is -0.691. The van der Waals surface area contributed by atoms with Crippen molar-refractivity contribution in [3.8, 4) is 11.1 Å². The summed E-state index contributed by atoms with van der Waals surface area (Å²) in [6.45, 7) is 0. The summed E-state index contributed by atoms with van der Waals surface area (Å²) >= 11 is 0. The standard InChI is InChI=1S/C14H13FO3S.Na/c15-14-7-5-13(6-8-14)12-3-1-11(2-4-12)9-10-19(16,17)18;/h1-8H,9-10H2,(H,16,17,18);/q;+1/p-1. The topological polar surface area (TPSA) is 57.2 Å². The van der Waals surface area contributed by atoms with Crippen LogP contribution in [-0.2, 0) is 16.5 Å². The third-order valence-corrected chi connectivity index (χ3v) is 3.48. The second-order valence-corrected chi connectivity index (χ2v) is 5.74. The Kier molecular flexibility index (Phi) is 6.36. The van der Waals surface area contributed by atoms with Crippen LogP contribution in [0.25, 0.3) is 11.1 Å². The van der Waals surface area contributed by atoms with Gasteiger partial charge in [0.1, 0.15) is 5.82 Å². The van der Waals surface area contributed by atoms with Gasteiger partial charge >= 0.3 is 29.6 Å². The van der Waals surface area contributed by atoms with Crippen LogP contribution < -0.4 is 29.6 Å². The van der Waals surface area contributed by atoms with Crippen molar-refractivity contribution in [3.63, 3.8) is 0 Å². The molecule has 0 N–H and O–H groups in total. The van der Waals surface area contributed by atoms with Crippen molar-refractivity contribution < 1.29 is 46.9 Å². The summed E-state index contributed by atoms with van der Waals surface area (Å²) in [6, 6.07) is 13.3. The van der Waals surface area contributed by atoms with Crippen molar-refractivity contribution in [1.82, 2.24) is 0 Å². The van der Waals surface area contributed by atoms with Crippen LogP contribution in [0.15, 0.2) is 48.5 Å². The Morgan fingerprint density at radius 2 is 1.35 bits per heavy atom. The number of halogens is 1. The molecule has 0 saturated heterocycles. The third kappa shape index (κ3) is 5.34. The summed E-state index contributed by atoms with van der Waals surface area (Å²) < 4.78 is 44.4. The average molecular weight is 302 g/mol. The fraction of sp³-hybridized carbons (Fsp3) is 0.143. The first-order valence-electron chi connectivity index (χ1n) is 5.72. The summed E-state index contributed by atoms with van der Waals surface area (Å²) in [5.41, 5.74) is 2.57. The molecule has 2 aromatic rings. The molecule has 0 radical (unpaired) electrons. The molecule has 2 rings (SSSR count). The zero-order valence-electron chi connectivity index (χ0n) is 11.0. The molecule has 100 valence electrons. The van der Waals surface area contributed by atoms with Gasteiger partial charge in [0.15, 0.2) is 0 Å². The van der Waals surface area contributed by atoms with Gasteiger partial charge < -0.3 is 4.55 Å². The molecule has 0 bridgehead atoms. The Morgan fingerprint density at radius 3 is 1.80 bits per heavy atom. The molecule has 0 spiro atoms. The molecule has 0 saturated carbocycles. The summed E-state index contributed by atoms with van der Waals surface area (Å²) in [7, 11) is -4.18. The second-order valence-electron chi connectivity index (χ2n) is 4.22. The molecule has 0 atom stereocenters. The molecular weight excluding hydrogens is 290 g/mol. The molecule has 0 aromatic heterocycles. The number of rotatable bonds is 4. The van der Waals surface area contributed by atoms with Crippen molar-refractivity contribution in [3.05, 3.63) is 59.9 Å². The summed E-state index contributed by atoms with van der Waals surface area (Å²) in [5, 5.41) is 0. The molecule has 3 nitrogen and oxygen atoms in total. The van der Waals surface area contributed by atoms with Crippen molar-refractivity contribution >= 4 is 10.1 Å². The maximum absolute atomic E-state index is 12.8. The van der Waals surface area contributed by atoms with Crippen LogP contribution in [0, 0.1) is 5.82 Å². The first-order valence-corrected chi connectivity index (χ1v) is 7.30. The van der Waals surface area contributed by atoms with Crippen LogP contribution in [0.3, 0.4) is 0 Å². The minimum absolute atomic E-state index is 0. The minimum atomic E-state index is -4.18. The van der Waals surface area contributed by atoms with Crippen molar-refractivity contribution in [2.45, 2.75) is 6.42 Å². The smallest absolute Gasteiger partial charge is 0.748 e. The molecular formula is C14H12FNaO3S. The molecule has 0 aliphatic heterocycles. The number of benzene rings is 2. The van der Waals surface area contributed by atoms with E-state index in [1.807, 2.05) is 12.1 Å². The van der Waals surface area contributed by atoms with E-state index in [0.717, 1.165) is 16.7 Å². The molecule has 0 heterocycles. The van der Waals surface area contributed by atoms with Gasteiger partial charge in [-0.3, -0.25) is 0 Å². The molecule has 20 heavy (non-hydrogen) atoms. The predicted octanol–water partition coefficient (Wildman–Crippen LogP) is -0.416. The van der Waals surface area contributed by atoms with Crippen molar-refractivity contribution in [1.29, 1.82) is 0 Å². The van der Waals surface area contributed by atoms with Gasteiger partial charge in [0.05, 0.1) is 10.1 Å². The minimum Gasteiger partial charge on any atom is -0.748 e. The second kappa shape index (κ2) is 7.33. The molecule has 0 aliphatic carbocycles. The number of hydrogen-bond acceptors (Lipinski definition) is 3. The van der Waals surface area contributed by atoms with Crippen LogP contribution in [0.2, 0.25) is 0 Å². The first-order chi connectivity index (χ1) is 8.94. The van der Waals surface area contributed by atoms with Crippen molar-refractivity contribution in [2.24, 2.45) is 0 Å². The van der Waals surface area contributed by atoms with Crippen LogP contribution >= 0.6 is 0 Å². The molecule has 0 amide bonds. The van der Waals surface area contributed by atoms with Gasteiger partial charge in [0, 0.05) is 5.75 Å². The van der Waals surface area contributed by atoms with Gasteiger partial charge in [0.2, 0.25) is 0 Å². The van der Waals surface area contributed by atoms with Gasteiger partial charge in [-0.25, -0.2) is 12.8 Å². The Labute approximate surface area is 139 Å².